The molecular weight excluding hydrogens is 184 g/mol. The lowest BCUT2D eigenvalue weighted by molar-refractivity contribution is 0.252. The summed E-state index contributed by atoms with van der Waals surface area (Å²) in [5.74, 6) is 4.29. The molecule has 0 atom stereocenters. The normalized spacial score (nSPS) is 16.2. The quantitative estimate of drug-likeness (QED) is 0.681. The van der Waals surface area contributed by atoms with E-state index < -0.39 is 0 Å². The second-order valence-electron chi connectivity index (χ2n) is 4.13. The van der Waals surface area contributed by atoms with Crippen molar-refractivity contribution in [3.05, 3.63) is 29.8 Å². The minimum atomic E-state index is 0.761. The molecule has 1 fully saturated rings. The summed E-state index contributed by atoms with van der Waals surface area (Å²) in [6, 6.07) is 7.74. The number of ether oxygens (including phenoxy) is 1. The summed E-state index contributed by atoms with van der Waals surface area (Å²) >= 11 is 0. The molecule has 1 saturated carbocycles. The van der Waals surface area contributed by atoms with Crippen LogP contribution in [0, 0.1) is 18.3 Å². The minimum absolute atomic E-state index is 0.761. The largest absolute Gasteiger partial charge is 0.493 e. The van der Waals surface area contributed by atoms with E-state index in [1.54, 1.807) is 0 Å². The Bertz CT molecular complexity index is 339. The highest BCUT2D eigenvalue weighted by Gasteiger charge is 2.15. The van der Waals surface area contributed by atoms with Crippen molar-refractivity contribution in [2.24, 2.45) is 5.92 Å². The molecule has 1 aromatic rings. The first-order valence-electron chi connectivity index (χ1n) is 5.58. The Morgan fingerprint density at radius 3 is 2.47 bits per heavy atom. The number of hydrogen-bond acceptors (Lipinski definition) is 1. The van der Waals surface area contributed by atoms with E-state index in [0.29, 0.717) is 0 Å². The van der Waals surface area contributed by atoms with E-state index in [4.69, 9.17) is 11.2 Å². The first-order valence-corrected chi connectivity index (χ1v) is 5.58. The molecule has 0 saturated heterocycles. The summed E-state index contributed by atoms with van der Waals surface area (Å²) in [6.45, 7) is 0.857. The SMILES string of the molecule is C#Cc1ccc(OCC2CCCC2)cc1. The molecule has 78 valence electrons. The van der Waals surface area contributed by atoms with Crippen LogP contribution in [-0.4, -0.2) is 6.61 Å². The summed E-state index contributed by atoms with van der Waals surface area (Å²) in [5, 5.41) is 0. The number of rotatable bonds is 3. The van der Waals surface area contributed by atoms with Crippen molar-refractivity contribution in [2.45, 2.75) is 25.7 Å². The van der Waals surface area contributed by atoms with Gasteiger partial charge in [0, 0.05) is 5.56 Å². The van der Waals surface area contributed by atoms with Gasteiger partial charge in [0.1, 0.15) is 5.75 Å². The van der Waals surface area contributed by atoms with Crippen LogP contribution in [0.25, 0.3) is 0 Å². The van der Waals surface area contributed by atoms with Crippen molar-refractivity contribution in [2.75, 3.05) is 6.61 Å². The van der Waals surface area contributed by atoms with Gasteiger partial charge in [-0.1, -0.05) is 18.8 Å². The minimum Gasteiger partial charge on any atom is -0.493 e. The average molecular weight is 200 g/mol. The van der Waals surface area contributed by atoms with Gasteiger partial charge in [-0.05, 0) is 43.0 Å². The highest BCUT2D eigenvalue weighted by Crippen LogP contribution is 2.25. The summed E-state index contributed by atoms with van der Waals surface area (Å²) in [7, 11) is 0. The Kier molecular flexibility index (Phi) is 3.29. The van der Waals surface area contributed by atoms with E-state index >= 15 is 0 Å². The van der Waals surface area contributed by atoms with Crippen LogP contribution in [0.4, 0.5) is 0 Å². The zero-order valence-electron chi connectivity index (χ0n) is 8.91. The average Bonchev–Trinajstić information content (AvgIpc) is 2.80. The molecule has 1 aliphatic carbocycles. The van der Waals surface area contributed by atoms with Gasteiger partial charge in [0.25, 0.3) is 0 Å². The first-order chi connectivity index (χ1) is 7.38. The van der Waals surface area contributed by atoms with Crippen molar-refractivity contribution in [3.8, 4) is 18.1 Å². The third-order valence-electron chi connectivity index (χ3n) is 2.98. The maximum Gasteiger partial charge on any atom is 0.119 e. The molecule has 0 N–H and O–H groups in total. The maximum atomic E-state index is 5.72. The molecule has 0 aromatic heterocycles. The molecule has 0 spiro atoms. The van der Waals surface area contributed by atoms with Crippen LogP contribution in [0.5, 0.6) is 5.75 Å². The van der Waals surface area contributed by atoms with Crippen molar-refractivity contribution >= 4 is 0 Å². The molecule has 0 amide bonds. The van der Waals surface area contributed by atoms with E-state index in [-0.39, 0.29) is 0 Å². The Labute approximate surface area is 91.5 Å². The van der Waals surface area contributed by atoms with Gasteiger partial charge in [-0.25, -0.2) is 0 Å². The molecule has 15 heavy (non-hydrogen) atoms. The van der Waals surface area contributed by atoms with E-state index in [1.807, 2.05) is 24.3 Å². The molecular formula is C14H16O. The van der Waals surface area contributed by atoms with E-state index in [9.17, 15) is 0 Å². The van der Waals surface area contributed by atoms with E-state index in [0.717, 1.165) is 23.8 Å². The number of benzene rings is 1. The van der Waals surface area contributed by atoms with E-state index in [2.05, 4.69) is 5.92 Å². The van der Waals surface area contributed by atoms with Gasteiger partial charge in [0.15, 0.2) is 0 Å². The number of hydrogen-bond donors (Lipinski definition) is 0. The van der Waals surface area contributed by atoms with Gasteiger partial charge in [-0.3, -0.25) is 0 Å². The second-order valence-corrected chi connectivity index (χ2v) is 4.13. The highest BCUT2D eigenvalue weighted by molar-refractivity contribution is 5.36. The molecule has 0 aliphatic heterocycles. The summed E-state index contributed by atoms with van der Waals surface area (Å²) < 4.78 is 5.72. The highest BCUT2D eigenvalue weighted by atomic mass is 16.5. The molecule has 1 aromatic carbocycles. The smallest absolute Gasteiger partial charge is 0.119 e. The Morgan fingerprint density at radius 1 is 1.20 bits per heavy atom. The van der Waals surface area contributed by atoms with Crippen LogP contribution >= 0.6 is 0 Å². The predicted octanol–water partition coefficient (Wildman–Crippen LogP) is 3.24. The third-order valence-corrected chi connectivity index (χ3v) is 2.98. The lowest BCUT2D eigenvalue weighted by Gasteiger charge is -2.11. The fourth-order valence-electron chi connectivity index (χ4n) is 2.04. The van der Waals surface area contributed by atoms with Crippen LogP contribution in [0.1, 0.15) is 31.2 Å². The van der Waals surface area contributed by atoms with Crippen molar-refractivity contribution in [3.63, 3.8) is 0 Å². The molecule has 1 heteroatoms. The van der Waals surface area contributed by atoms with Crippen LogP contribution in [0.3, 0.4) is 0 Å². The van der Waals surface area contributed by atoms with Crippen molar-refractivity contribution < 1.29 is 4.74 Å². The van der Waals surface area contributed by atoms with E-state index in [1.165, 1.54) is 25.7 Å². The molecule has 1 nitrogen and oxygen atoms in total. The van der Waals surface area contributed by atoms with Gasteiger partial charge < -0.3 is 4.74 Å². The second kappa shape index (κ2) is 4.89. The Morgan fingerprint density at radius 2 is 1.87 bits per heavy atom. The van der Waals surface area contributed by atoms with Crippen LogP contribution in [0.15, 0.2) is 24.3 Å². The summed E-state index contributed by atoms with van der Waals surface area (Å²) in [6.07, 6.45) is 10.7. The van der Waals surface area contributed by atoms with Gasteiger partial charge in [0.05, 0.1) is 6.61 Å². The monoisotopic (exact) mass is 200 g/mol. The first kappa shape index (κ1) is 10.1. The van der Waals surface area contributed by atoms with Crippen LogP contribution < -0.4 is 4.74 Å². The lowest BCUT2D eigenvalue weighted by Crippen LogP contribution is -2.07. The standard InChI is InChI=1S/C14H16O/c1-2-12-7-9-14(10-8-12)15-11-13-5-3-4-6-13/h1,7-10,13H,3-6,11H2. The molecule has 0 bridgehead atoms. The van der Waals surface area contributed by atoms with Crippen molar-refractivity contribution in [1.82, 2.24) is 0 Å². The molecule has 1 aliphatic rings. The molecule has 0 radical (unpaired) electrons. The summed E-state index contributed by atoms with van der Waals surface area (Å²) in [4.78, 5) is 0. The Hall–Kier alpha value is -1.42. The zero-order valence-corrected chi connectivity index (χ0v) is 8.91. The maximum absolute atomic E-state index is 5.72. The predicted molar refractivity (Wildman–Crippen MR) is 61.8 cm³/mol. The third kappa shape index (κ3) is 2.76. The fraction of sp³-hybridized carbons (Fsp3) is 0.429. The van der Waals surface area contributed by atoms with Gasteiger partial charge >= 0.3 is 0 Å². The van der Waals surface area contributed by atoms with Gasteiger partial charge in [-0.15, -0.1) is 6.42 Å². The Balaban J connectivity index is 1.85. The van der Waals surface area contributed by atoms with Crippen LogP contribution in [0.2, 0.25) is 0 Å². The lowest BCUT2D eigenvalue weighted by atomic mass is 10.1. The number of terminal acetylenes is 1. The topological polar surface area (TPSA) is 9.23 Å². The molecule has 2 rings (SSSR count). The summed E-state index contributed by atoms with van der Waals surface area (Å²) in [5.41, 5.74) is 0.906. The zero-order chi connectivity index (χ0) is 10.5. The van der Waals surface area contributed by atoms with Crippen LogP contribution in [-0.2, 0) is 0 Å². The molecule has 0 unspecified atom stereocenters. The fourth-order valence-corrected chi connectivity index (χ4v) is 2.04. The molecule has 0 heterocycles. The van der Waals surface area contributed by atoms with Gasteiger partial charge in [0.2, 0.25) is 0 Å². The van der Waals surface area contributed by atoms with Crippen molar-refractivity contribution in [1.29, 1.82) is 0 Å². The van der Waals surface area contributed by atoms with Gasteiger partial charge in [-0.2, -0.15) is 0 Å².